The van der Waals surface area contributed by atoms with Gasteiger partial charge in [-0.1, -0.05) is 0 Å². The summed E-state index contributed by atoms with van der Waals surface area (Å²) >= 11 is 0. The number of hydrogen-bond donors (Lipinski definition) is 12. The molecule has 0 spiro atoms. The normalized spacial score (nSPS) is 18.8. The van der Waals surface area contributed by atoms with Crippen LogP contribution in [0.2, 0.25) is 0 Å². The quantitative estimate of drug-likeness (QED) is 0.0512. The first-order chi connectivity index (χ1) is 20.9. The molecule has 0 heterocycles. The van der Waals surface area contributed by atoms with Gasteiger partial charge in [0, 0.05) is 19.8 Å². The molecule has 0 saturated heterocycles. The summed E-state index contributed by atoms with van der Waals surface area (Å²) in [5, 5.41) is 139. The minimum Gasteiger partial charge on any atom is -0.547 e. The zero-order valence-electron chi connectivity index (χ0n) is 25.2. The van der Waals surface area contributed by atoms with Crippen molar-refractivity contribution in [2.75, 3.05) is 39.6 Å². The molecule has 12 N–H and O–H groups in total. The smallest absolute Gasteiger partial charge is 0.547 e. The molecule has 46 heavy (non-hydrogen) atoms. The van der Waals surface area contributed by atoms with Crippen molar-refractivity contribution in [3.63, 3.8) is 0 Å². The van der Waals surface area contributed by atoms with Crippen molar-refractivity contribution >= 4 is 17.9 Å². The van der Waals surface area contributed by atoms with Crippen molar-refractivity contribution in [3.05, 3.63) is 0 Å². The minimum atomic E-state index is -1.86. The summed E-state index contributed by atoms with van der Waals surface area (Å²) in [5.74, 6) is -5.10. The summed E-state index contributed by atoms with van der Waals surface area (Å²) in [6.07, 6.45) is -21.2. The van der Waals surface area contributed by atoms with Crippen LogP contribution < -0.4 is 15.3 Å². The van der Waals surface area contributed by atoms with Crippen LogP contribution in [0, 0.1) is 41.7 Å². The number of hydrogen-bond acceptors (Lipinski definition) is 21. The number of aliphatic hydroxyl groups is 12. The van der Waals surface area contributed by atoms with Crippen molar-refractivity contribution in [2.24, 2.45) is 0 Å². The largest absolute Gasteiger partial charge is 3.00 e. The van der Waals surface area contributed by atoms with Gasteiger partial charge in [-0.2, -0.15) is 0 Å². The number of carbonyl (C=O) groups excluding carboxylic acids is 3. The summed E-state index contributed by atoms with van der Waals surface area (Å²) in [6, 6.07) is 0. The van der Waals surface area contributed by atoms with Crippen molar-refractivity contribution in [2.45, 2.75) is 94.0 Å². The van der Waals surface area contributed by atoms with Gasteiger partial charge in [-0.25, -0.2) is 0 Å². The second-order valence-electron chi connectivity index (χ2n) is 8.78. The van der Waals surface area contributed by atoms with Gasteiger partial charge < -0.3 is 105 Å². The predicted octanol–water partition coefficient (Wildman–Crippen LogP) is -11.4. The van der Waals surface area contributed by atoms with Gasteiger partial charge in [0.1, 0.15) is 73.2 Å². The Morgan fingerprint density at radius 3 is 0.739 bits per heavy atom. The van der Waals surface area contributed by atoms with E-state index in [0.29, 0.717) is 0 Å². The SMILES string of the molecule is CCOC(C(=O)[O-])C(O)C(O)C(O)CO.CCOC(C(=O)[O-])C(O)C(O)C(O)CO.CCOC(C(=O)[O-])C(O)C(O)C(O)CO.[Ce+3]. The Bertz CT molecular complexity index is 693. The number of carboxylic acids is 3. The Morgan fingerprint density at radius 2 is 0.630 bits per heavy atom. The maximum atomic E-state index is 10.5. The number of carbonyl (C=O) groups is 3. The maximum Gasteiger partial charge on any atom is 3.00 e. The molecule has 1 radical (unpaired) electrons. The number of ether oxygens (including phenoxy) is 3. The first-order valence-electron chi connectivity index (χ1n) is 13.3. The molecule has 0 rings (SSSR count). The first-order valence-corrected chi connectivity index (χ1v) is 13.3. The topological polar surface area (TPSA) is 391 Å². The van der Waals surface area contributed by atoms with Crippen LogP contribution in [0.1, 0.15) is 20.8 Å². The van der Waals surface area contributed by atoms with Crippen LogP contribution in [-0.2, 0) is 28.6 Å². The molecule has 0 fully saturated rings. The molecule has 0 aliphatic carbocycles. The van der Waals surface area contributed by atoms with Crippen molar-refractivity contribution < 1.29 is 147 Å². The molecule has 271 valence electrons. The number of rotatable bonds is 21. The molecule has 0 aromatic carbocycles. The van der Waals surface area contributed by atoms with Gasteiger partial charge >= 0.3 is 41.7 Å². The molecular weight excluding hydrogens is 764 g/mol. The average Bonchev–Trinajstić information content (AvgIpc) is 3.01. The van der Waals surface area contributed by atoms with Gasteiger partial charge in [-0.3, -0.25) is 0 Å². The molecule has 0 aromatic heterocycles. The Balaban J connectivity index is -0.000000285. The van der Waals surface area contributed by atoms with Crippen LogP contribution in [-0.4, -0.2) is 192 Å². The first kappa shape index (κ1) is 52.0. The molecule has 12 unspecified atom stereocenters. The summed E-state index contributed by atoms with van der Waals surface area (Å²) in [4.78, 5) is 31.5. The van der Waals surface area contributed by atoms with E-state index in [-0.39, 0.29) is 61.6 Å². The van der Waals surface area contributed by atoms with E-state index >= 15 is 0 Å². The van der Waals surface area contributed by atoms with Crippen LogP contribution in [0.25, 0.3) is 0 Å². The third kappa shape index (κ3) is 19.9. The Hall–Kier alpha value is -0.813. The van der Waals surface area contributed by atoms with Gasteiger partial charge in [-0.05, 0) is 20.8 Å². The molecule has 22 heteroatoms. The van der Waals surface area contributed by atoms with E-state index in [2.05, 4.69) is 14.2 Å². The maximum absolute atomic E-state index is 10.5. The van der Waals surface area contributed by atoms with Crippen molar-refractivity contribution in [3.8, 4) is 0 Å². The second kappa shape index (κ2) is 29.1. The summed E-state index contributed by atoms with van der Waals surface area (Å²) in [6.45, 7) is 2.08. The zero-order valence-corrected chi connectivity index (χ0v) is 28.4. The standard InChI is InChI=1S/3C8H16O7.Ce/c3*1-2-15-7(8(13)14)6(12)5(11)4(10)3-9;/h3*4-7,9-12H,2-3H2,1H3,(H,13,14);/q;;;+3/p-3. The molecule has 0 aliphatic rings. The molecule has 0 aliphatic heterocycles. The summed E-state index contributed by atoms with van der Waals surface area (Å²) in [7, 11) is 0. The van der Waals surface area contributed by atoms with E-state index in [1.807, 2.05) is 0 Å². The fourth-order valence-corrected chi connectivity index (χ4v) is 3.00. The van der Waals surface area contributed by atoms with Crippen LogP contribution in [0.3, 0.4) is 0 Å². The van der Waals surface area contributed by atoms with Gasteiger partial charge in [-0.15, -0.1) is 0 Å². The van der Waals surface area contributed by atoms with Gasteiger partial charge in [0.2, 0.25) is 0 Å². The number of aliphatic carboxylic acids is 3. The third-order valence-corrected chi connectivity index (χ3v) is 5.46. The second-order valence-corrected chi connectivity index (χ2v) is 8.78. The van der Waals surface area contributed by atoms with E-state index in [9.17, 15) is 60.3 Å². The molecule has 0 aromatic rings. The summed E-state index contributed by atoms with van der Waals surface area (Å²) < 4.78 is 13.8. The molecular formula is C24H45CeO21. The number of carboxylic acid groups (broad SMARTS) is 3. The zero-order chi connectivity index (χ0) is 36.0. The van der Waals surface area contributed by atoms with Crippen LogP contribution in [0.15, 0.2) is 0 Å². The molecule has 0 bridgehead atoms. The van der Waals surface area contributed by atoms with Crippen LogP contribution >= 0.6 is 0 Å². The third-order valence-electron chi connectivity index (χ3n) is 5.46. The Labute approximate surface area is 297 Å². The molecule has 0 amide bonds. The van der Waals surface area contributed by atoms with E-state index in [0.717, 1.165) is 0 Å². The fourth-order valence-electron chi connectivity index (χ4n) is 3.00. The monoisotopic (exact) mass is 809 g/mol. The average molecular weight is 810 g/mol. The Morgan fingerprint density at radius 1 is 0.457 bits per heavy atom. The van der Waals surface area contributed by atoms with E-state index in [1.54, 1.807) is 0 Å². The predicted molar refractivity (Wildman–Crippen MR) is 137 cm³/mol. The van der Waals surface area contributed by atoms with Gasteiger partial charge in [0.25, 0.3) is 0 Å². The molecule has 12 atom stereocenters. The van der Waals surface area contributed by atoms with Crippen LogP contribution in [0.5, 0.6) is 0 Å². The van der Waals surface area contributed by atoms with Crippen molar-refractivity contribution in [1.29, 1.82) is 0 Å². The summed E-state index contributed by atoms with van der Waals surface area (Å²) in [5.41, 5.74) is 0. The minimum absolute atomic E-state index is 0. The number of aliphatic hydroxyl groups excluding tert-OH is 12. The van der Waals surface area contributed by atoms with Crippen molar-refractivity contribution in [1.82, 2.24) is 0 Å². The Kier molecular flexibility index (Phi) is 32.9. The van der Waals surface area contributed by atoms with E-state index in [4.69, 9.17) is 30.6 Å². The van der Waals surface area contributed by atoms with E-state index < -0.39 is 111 Å². The van der Waals surface area contributed by atoms with Gasteiger partial charge in [0.05, 0.1) is 37.7 Å². The van der Waals surface area contributed by atoms with Gasteiger partial charge in [0.15, 0.2) is 0 Å². The van der Waals surface area contributed by atoms with Crippen LogP contribution in [0.4, 0.5) is 0 Å². The molecule has 0 saturated carbocycles. The molecule has 21 nitrogen and oxygen atoms in total. The fraction of sp³-hybridized carbons (Fsp3) is 0.875. The van der Waals surface area contributed by atoms with E-state index in [1.165, 1.54) is 20.8 Å².